The SMILES string of the molecule is CC(NC(=O)C(CCCCN)NC(=O)C(N)Cc1c[nH]c2ccccc12)C(=O)NC(Cc1c[nH]c2ccccc12)C(=O)O. The van der Waals surface area contributed by atoms with E-state index in [2.05, 4.69) is 25.9 Å². The molecule has 0 saturated heterocycles. The van der Waals surface area contributed by atoms with Crippen LogP contribution in [-0.2, 0) is 32.0 Å². The average Bonchev–Trinajstić information content (AvgIpc) is 3.60. The van der Waals surface area contributed by atoms with Crippen molar-refractivity contribution < 1.29 is 24.3 Å². The van der Waals surface area contributed by atoms with Gasteiger partial charge in [-0.15, -0.1) is 0 Å². The molecule has 4 rings (SSSR count). The molecule has 2 aromatic heterocycles. The van der Waals surface area contributed by atoms with Crippen molar-refractivity contribution in [3.8, 4) is 0 Å². The van der Waals surface area contributed by atoms with Gasteiger partial charge in [-0.1, -0.05) is 36.4 Å². The van der Waals surface area contributed by atoms with Gasteiger partial charge in [-0.2, -0.15) is 0 Å². The van der Waals surface area contributed by atoms with Crippen LogP contribution in [0, 0.1) is 0 Å². The number of para-hydroxylation sites is 2. The minimum Gasteiger partial charge on any atom is -0.480 e. The molecule has 0 aliphatic carbocycles. The molecule has 0 radical (unpaired) electrons. The van der Waals surface area contributed by atoms with E-state index in [1.807, 2.05) is 54.7 Å². The standard InChI is InChI=1S/C31H39N7O5/c1-18(28(39)38-27(31(42)43)15-20-17-35-25-11-5-3-9-22(20)25)36-30(41)26(12-6-7-13-32)37-29(40)23(33)14-19-16-34-24-10-4-2-8-21(19)24/h2-5,8-11,16-18,23,26-27,34-35H,6-7,12-15,32-33H2,1H3,(H,36,41)(H,37,40)(H,38,39)(H,42,43). The van der Waals surface area contributed by atoms with Crippen molar-refractivity contribution in [2.45, 2.75) is 63.2 Å². The Bertz CT molecular complexity index is 1580. The van der Waals surface area contributed by atoms with E-state index in [1.165, 1.54) is 6.92 Å². The molecule has 2 heterocycles. The Morgan fingerprint density at radius 3 is 1.91 bits per heavy atom. The van der Waals surface area contributed by atoms with Gasteiger partial charge in [0, 0.05) is 40.6 Å². The van der Waals surface area contributed by atoms with Gasteiger partial charge in [-0.25, -0.2) is 4.79 Å². The molecule has 43 heavy (non-hydrogen) atoms. The molecule has 0 saturated carbocycles. The number of benzene rings is 2. The van der Waals surface area contributed by atoms with Crippen molar-refractivity contribution in [3.05, 3.63) is 72.1 Å². The molecule has 12 heteroatoms. The molecule has 2 aromatic carbocycles. The number of hydrogen-bond donors (Lipinski definition) is 8. The van der Waals surface area contributed by atoms with Crippen molar-refractivity contribution in [3.63, 3.8) is 0 Å². The van der Waals surface area contributed by atoms with Crippen LogP contribution < -0.4 is 27.4 Å². The van der Waals surface area contributed by atoms with Gasteiger partial charge in [0.25, 0.3) is 0 Å². The Hall–Kier alpha value is -4.68. The number of fused-ring (bicyclic) bond motifs is 2. The number of carbonyl (C=O) groups is 4. The second kappa shape index (κ2) is 14.5. The Kier molecular flexibility index (Phi) is 10.5. The number of hydrogen-bond acceptors (Lipinski definition) is 6. The zero-order valence-corrected chi connectivity index (χ0v) is 24.1. The molecular weight excluding hydrogens is 550 g/mol. The van der Waals surface area contributed by atoms with Crippen LogP contribution in [-0.4, -0.2) is 69.5 Å². The number of rotatable bonds is 15. The van der Waals surface area contributed by atoms with Gasteiger partial charge in [0.05, 0.1) is 6.04 Å². The first kappa shape index (κ1) is 31.3. The second-order valence-corrected chi connectivity index (χ2v) is 10.7. The summed E-state index contributed by atoms with van der Waals surface area (Å²) in [5.74, 6) is -2.94. The fourth-order valence-electron chi connectivity index (χ4n) is 5.07. The molecule has 4 aromatic rings. The van der Waals surface area contributed by atoms with Crippen LogP contribution in [0.3, 0.4) is 0 Å². The summed E-state index contributed by atoms with van der Waals surface area (Å²) < 4.78 is 0. The van der Waals surface area contributed by atoms with Crippen molar-refractivity contribution >= 4 is 45.5 Å². The zero-order chi connectivity index (χ0) is 30.9. The number of H-pyrrole nitrogens is 2. The second-order valence-electron chi connectivity index (χ2n) is 10.7. The van der Waals surface area contributed by atoms with Gasteiger partial charge in [0.1, 0.15) is 18.1 Å². The van der Waals surface area contributed by atoms with Gasteiger partial charge < -0.3 is 42.5 Å². The minimum atomic E-state index is -1.21. The van der Waals surface area contributed by atoms with Crippen molar-refractivity contribution in [1.82, 2.24) is 25.9 Å². The third-order valence-electron chi connectivity index (χ3n) is 7.50. The molecule has 0 aliphatic heterocycles. The lowest BCUT2D eigenvalue weighted by atomic mass is 10.0. The first-order chi connectivity index (χ1) is 20.7. The molecule has 10 N–H and O–H groups in total. The van der Waals surface area contributed by atoms with Crippen LogP contribution in [0.5, 0.6) is 0 Å². The summed E-state index contributed by atoms with van der Waals surface area (Å²) in [6.45, 7) is 1.88. The Labute approximate surface area is 249 Å². The maximum atomic E-state index is 13.2. The van der Waals surface area contributed by atoms with Crippen LogP contribution in [0.15, 0.2) is 60.9 Å². The molecule has 0 bridgehead atoms. The first-order valence-electron chi connectivity index (χ1n) is 14.4. The summed E-state index contributed by atoms with van der Waals surface area (Å²) >= 11 is 0. The quantitative estimate of drug-likeness (QED) is 0.0956. The monoisotopic (exact) mass is 589 g/mol. The molecule has 228 valence electrons. The first-order valence-corrected chi connectivity index (χ1v) is 14.4. The van der Waals surface area contributed by atoms with E-state index < -0.39 is 47.9 Å². The molecule has 0 fully saturated rings. The largest absolute Gasteiger partial charge is 0.480 e. The van der Waals surface area contributed by atoms with Gasteiger partial charge >= 0.3 is 5.97 Å². The van der Waals surface area contributed by atoms with E-state index in [9.17, 15) is 24.3 Å². The number of unbranched alkanes of at least 4 members (excludes halogenated alkanes) is 1. The summed E-state index contributed by atoms with van der Waals surface area (Å²) in [5, 5.41) is 19.5. The topological polar surface area (TPSA) is 208 Å². The van der Waals surface area contributed by atoms with Crippen LogP contribution in [0.1, 0.15) is 37.3 Å². The van der Waals surface area contributed by atoms with Crippen LogP contribution in [0.4, 0.5) is 0 Å². The number of carboxylic acids is 1. The number of carboxylic acid groups (broad SMARTS) is 1. The summed E-state index contributed by atoms with van der Waals surface area (Å²) in [5.41, 5.74) is 15.3. The number of amides is 3. The van der Waals surface area contributed by atoms with E-state index in [1.54, 1.807) is 6.20 Å². The van der Waals surface area contributed by atoms with E-state index >= 15 is 0 Å². The lowest BCUT2D eigenvalue weighted by molar-refractivity contribution is -0.142. The van der Waals surface area contributed by atoms with E-state index in [0.29, 0.717) is 25.8 Å². The number of aromatic nitrogens is 2. The number of nitrogens with one attached hydrogen (secondary N) is 5. The summed E-state index contributed by atoms with van der Waals surface area (Å²) in [7, 11) is 0. The van der Waals surface area contributed by atoms with Gasteiger partial charge in [-0.05, 0) is 62.4 Å². The highest BCUT2D eigenvalue weighted by atomic mass is 16.4. The number of nitrogens with two attached hydrogens (primary N) is 2. The van der Waals surface area contributed by atoms with E-state index in [-0.39, 0.29) is 12.8 Å². The van der Waals surface area contributed by atoms with Crippen molar-refractivity contribution in [1.29, 1.82) is 0 Å². The van der Waals surface area contributed by atoms with Gasteiger partial charge in [0.15, 0.2) is 0 Å². The lowest BCUT2D eigenvalue weighted by Gasteiger charge is -2.23. The van der Waals surface area contributed by atoms with Crippen LogP contribution in [0.2, 0.25) is 0 Å². The molecular formula is C31H39N7O5. The molecule has 4 unspecified atom stereocenters. The Morgan fingerprint density at radius 2 is 1.33 bits per heavy atom. The number of carbonyl (C=O) groups excluding carboxylic acids is 3. The summed E-state index contributed by atoms with van der Waals surface area (Å²) in [6, 6.07) is 11.0. The highest BCUT2D eigenvalue weighted by molar-refractivity contribution is 5.94. The maximum absolute atomic E-state index is 13.2. The van der Waals surface area contributed by atoms with Crippen LogP contribution in [0.25, 0.3) is 21.8 Å². The fraction of sp³-hybridized carbons (Fsp3) is 0.355. The number of aromatic amines is 2. The highest BCUT2D eigenvalue weighted by Gasteiger charge is 2.29. The van der Waals surface area contributed by atoms with E-state index in [0.717, 1.165) is 32.9 Å². The van der Waals surface area contributed by atoms with Crippen molar-refractivity contribution in [2.24, 2.45) is 11.5 Å². The predicted octanol–water partition coefficient (Wildman–Crippen LogP) is 1.45. The maximum Gasteiger partial charge on any atom is 0.326 e. The third-order valence-corrected chi connectivity index (χ3v) is 7.50. The average molecular weight is 590 g/mol. The zero-order valence-electron chi connectivity index (χ0n) is 24.1. The molecule has 4 atom stereocenters. The summed E-state index contributed by atoms with van der Waals surface area (Å²) in [6.07, 6.45) is 5.35. The predicted molar refractivity (Wildman–Crippen MR) is 164 cm³/mol. The minimum absolute atomic E-state index is 0.0534. The molecule has 0 aliphatic rings. The third kappa shape index (κ3) is 7.99. The van der Waals surface area contributed by atoms with Crippen LogP contribution >= 0.6 is 0 Å². The smallest absolute Gasteiger partial charge is 0.326 e. The highest BCUT2D eigenvalue weighted by Crippen LogP contribution is 2.20. The fourth-order valence-corrected chi connectivity index (χ4v) is 5.07. The van der Waals surface area contributed by atoms with Gasteiger partial charge in [0.2, 0.25) is 17.7 Å². The van der Waals surface area contributed by atoms with Crippen molar-refractivity contribution in [2.75, 3.05) is 6.54 Å². The summed E-state index contributed by atoms with van der Waals surface area (Å²) in [4.78, 5) is 57.5. The lowest BCUT2D eigenvalue weighted by Crippen LogP contribution is -2.56. The molecule has 0 spiro atoms. The molecule has 12 nitrogen and oxygen atoms in total. The Morgan fingerprint density at radius 1 is 0.767 bits per heavy atom. The van der Waals surface area contributed by atoms with Gasteiger partial charge in [-0.3, -0.25) is 14.4 Å². The normalized spacial score (nSPS) is 14.1. The number of aliphatic carboxylic acids is 1. The van der Waals surface area contributed by atoms with E-state index in [4.69, 9.17) is 11.5 Å². The Balaban J connectivity index is 1.36. The molecule has 3 amide bonds.